The molecular formula is C13H19N3OS. The van der Waals surface area contributed by atoms with Crippen molar-refractivity contribution in [1.82, 2.24) is 9.88 Å². The Balaban J connectivity index is 2.26. The molecule has 0 amide bonds. The van der Waals surface area contributed by atoms with Crippen LogP contribution in [-0.4, -0.2) is 26.6 Å². The van der Waals surface area contributed by atoms with E-state index in [2.05, 4.69) is 16.8 Å². The standard InChI is InChI=1S/C13H19N3OS/c1-2-7-16(13(14)18)12(9-3-4-9)10-5-6-11(17)15-8-10/h5-6,8-9,12H,2-4,7H2,1H3,(H2,14,18)(H,15,17). The van der Waals surface area contributed by atoms with Gasteiger partial charge >= 0.3 is 0 Å². The van der Waals surface area contributed by atoms with Crippen molar-refractivity contribution in [3.05, 3.63) is 23.9 Å². The van der Waals surface area contributed by atoms with Gasteiger partial charge in [-0.05, 0) is 43.0 Å². The maximum absolute atomic E-state index is 9.27. The molecule has 0 aromatic carbocycles. The Morgan fingerprint density at radius 2 is 2.33 bits per heavy atom. The molecule has 0 saturated heterocycles. The Morgan fingerprint density at radius 1 is 1.61 bits per heavy atom. The average molecular weight is 265 g/mol. The van der Waals surface area contributed by atoms with Crippen LogP contribution in [0.25, 0.3) is 0 Å². The number of rotatable bonds is 5. The molecule has 1 atom stereocenters. The predicted octanol–water partition coefficient (Wildman–Crippen LogP) is 2.19. The first-order valence-corrected chi connectivity index (χ1v) is 6.75. The quantitative estimate of drug-likeness (QED) is 0.799. The van der Waals surface area contributed by atoms with E-state index < -0.39 is 0 Å². The number of nitrogens with zero attached hydrogens (tertiary/aromatic N) is 2. The van der Waals surface area contributed by atoms with Crippen LogP contribution < -0.4 is 5.73 Å². The zero-order chi connectivity index (χ0) is 13.1. The second-order valence-corrected chi connectivity index (χ2v) is 5.18. The van der Waals surface area contributed by atoms with Gasteiger partial charge in [0.2, 0.25) is 5.88 Å². The third kappa shape index (κ3) is 2.90. The van der Waals surface area contributed by atoms with Crippen molar-refractivity contribution in [2.45, 2.75) is 32.2 Å². The van der Waals surface area contributed by atoms with E-state index >= 15 is 0 Å². The third-order valence-corrected chi connectivity index (χ3v) is 3.50. The molecule has 1 aromatic rings. The summed E-state index contributed by atoms with van der Waals surface area (Å²) in [5.74, 6) is 0.648. The average Bonchev–Trinajstić information content (AvgIpc) is 3.15. The highest BCUT2D eigenvalue weighted by Gasteiger charge is 2.36. The van der Waals surface area contributed by atoms with Gasteiger partial charge in [0.25, 0.3) is 0 Å². The van der Waals surface area contributed by atoms with Crippen LogP contribution >= 0.6 is 12.2 Å². The van der Waals surface area contributed by atoms with E-state index in [0.29, 0.717) is 11.0 Å². The second kappa shape index (κ2) is 5.52. The highest BCUT2D eigenvalue weighted by Crippen LogP contribution is 2.44. The molecule has 0 radical (unpaired) electrons. The molecule has 3 N–H and O–H groups in total. The topological polar surface area (TPSA) is 62.4 Å². The Labute approximate surface area is 113 Å². The number of hydrogen-bond acceptors (Lipinski definition) is 3. The highest BCUT2D eigenvalue weighted by molar-refractivity contribution is 7.80. The first-order valence-electron chi connectivity index (χ1n) is 6.34. The molecule has 0 spiro atoms. The maximum atomic E-state index is 9.27. The highest BCUT2D eigenvalue weighted by atomic mass is 32.1. The minimum absolute atomic E-state index is 0.0469. The van der Waals surface area contributed by atoms with Crippen molar-refractivity contribution in [2.75, 3.05) is 6.54 Å². The lowest BCUT2D eigenvalue weighted by molar-refractivity contribution is 0.287. The lowest BCUT2D eigenvalue weighted by Crippen LogP contribution is -2.40. The van der Waals surface area contributed by atoms with Gasteiger partial charge in [-0.15, -0.1) is 0 Å². The van der Waals surface area contributed by atoms with Crippen LogP contribution in [0.2, 0.25) is 0 Å². The molecule has 1 aliphatic rings. The zero-order valence-electron chi connectivity index (χ0n) is 10.5. The van der Waals surface area contributed by atoms with Gasteiger partial charge in [0.15, 0.2) is 5.11 Å². The molecule has 0 aliphatic heterocycles. The Kier molecular flexibility index (Phi) is 4.01. The van der Waals surface area contributed by atoms with E-state index in [-0.39, 0.29) is 11.9 Å². The molecular weight excluding hydrogens is 246 g/mol. The van der Waals surface area contributed by atoms with Crippen molar-refractivity contribution in [2.24, 2.45) is 11.7 Å². The van der Waals surface area contributed by atoms with Crippen molar-refractivity contribution >= 4 is 17.3 Å². The van der Waals surface area contributed by atoms with Gasteiger partial charge in [0, 0.05) is 18.8 Å². The number of pyridine rings is 1. The minimum Gasteiger partial charge on any atom is -0.493 e. The second-order valence-electron chi connectivity index (χ2n) is 4.76. The van der Waals surface area contributed by atoms with Crippen molar-refractivity contribution in [3.8, 4) is 5.88 Å². The lowest BCUT2D eigenvalue weighted by Gasteiger charge is -2.32. The summed E-state index contributed by atoms with van der Waals surface area (Å²) in [6, 6.07) is 3.73. The Morgan fingerprint density at radius 3 is 2.78 bits per heavy atom. The molecule has 0 bridgehead atoms. The normalized spacial score (nSPS) is 16.3. The molecule has 1 fully saturated rings. The number of nitrogens with two attached hydrogens (primary N) is 1. The predicted molar refractivity (Wildman–Crippen MR) is 75.1 cm³/mol. The Bertz CT molecular complexity index is 417. The fraction of sp³-hybridized carbons (Fsp3) is 0.538. The summed E-state index contributed by atoms with van der Waals surface area (Å²) in [5.41, 5.74) is 6.92. The largest absolute Gasteiger partial charge is 0.493 e. The molecule has 2 rings (SSSR count). The summed E-state index contributed by atoms with van der Waals surface area (Å²) >= 11 is 5.17. The number of thiocarbonyl (C=S) groups is 1. The van der Waals surface area contributed by atoms with E-state index in [1.54, 1.807) is 12.3 Å². The van der Waals surface area contributed by atoms with E-state index in [1.165, 1.54) is 12.8 Å². The Hall–Kier alpha value is -1.36. The number of aromatic nitrogens is 1. The zero-order valence-corrected chi connectivity index (χ0v) is 11.4. The summed E-state index contributed by atoms with van der Waals surface area (Å²) in [4.78, 5) is 6.04. The summed E-state index contributed by atoms with van der Waals surface area (Å²) in [6.45, 7) is 2.97. The van der Waals surface area contributed by atoms with E-state index in [0.717, 1.165) is 18.5 Å². The van der Waals surface area contributed by atoms with Gasteiger partial charge in [0.05, 0.1) is 6.04 Å². The first kappa shape index (κ1) is 13.1. The van der Waals surface area contributed by atoms with Crippen molar-refractivity contribution in [1.29, 1.82) is 0 Å². The van der Waals surface area contributed by atoms with Crippen LogP contribution in [-0.2, 0) is 0 Å². The van der Waals surface area contributed by atoms with Crippen molar-refractivity contribution < 1.29 is 5.11 Å². The SMILES string of the molecule is CCCN(C(N)=S)C(c1ccc(O)nc1)C1CC1. The van der Waals surface area contributed by atoms with Crippen LogP contribution in [0, 0.1) is 5.92 Å². The molecule has 18 heavy (non-hydrogen) atoms. The third-order valence-electron chi connectivity index (χ3n) is 3.26. The molecule has 98 valence electrons. The molecule has 1 aliphatic carbocycles. The lowest BCUT2D eigenvalue weighted by atomic mass is 10.0. The summed E-state index contributed by atoms with van der Waals surface area (Å²) < 4.78 is 0. The number of hydrogen-bond donors (Lipinski definition) is 2. The monoisotopic (exact) mass is 265 g/mol. The van der Waals surface area contributed by atoms with E-state index in [4.69, 9.17) is 18.0 Å². The van der Waals surface area contributed by atoms with E-state index in [9.17, 15) is 5.11 Å². The fourth-order valence-corrected chi connectivity index (χ4v) is 2.52. The van der Waals surface area contributed by atoms with E-state index in [1.807, 2.05) is 6.07 Å². The van der Waals surface area contributed by atoms with Crippen LogP contribution in [0.4, 0.5) is 0 Å². The van der Waals surface area contributed by atoms with Gasteiger partial charge in [-0.2, -0.15) is 0 Å². The summed E-state index contributed by atoms with van der Waals surface area (Å²) in [5, 5.41) is 9.71. The van der Waals surface area contributed by atoms with Crippen LogP contribution in [0.15, 0.2) is 18.3 Å². The van der Waals surface area contributed by atoms with Crippen LogP contribution in [0.3, 0.4) is 0 Å². The summed E-state index contributed by atoms with van der Waals surface area (Å²) in [7, 11) is 0. The van der Waals surface area contributed by atoms with Crippen LogP contribution in [0.5, 0.6) is 5.88 Å². The van der Waals surface area contributed by atoms with Gasteiger partial charge in [-0.3, -0.25) is 0 Å². The van der Waals surface area contributed by atoms with Crippen LogP contribution in [0.1, 0.15) is 37.8 Å². The smallest absolute Gasteiger partial charge is 0.210 e. The van der Waals surface area contributed by atoms with Gasteiger partial charge in [0.1, 0.15) is 0 Å². The van der Waals surface area contributed by atoms with Gasteiger partial charge < -0.3 is 15.7 Å². The minimum atomic E-state index is 0.0469. The molecule has 1 saturated carbocycles. The molecule has 5 heteroatoms. The summed E-state index contributed by atoms with van der Waals surface area (Å²) in [6.07, 6.45) is 5.13. The van der Waals surface area contributed by atoms with Gasteiger partial charge in [-0.1, -0.05) is 13.0 Å². The maximum Gasteiger partial charge on any atom is 0.210 e. The number of aromatic hydroxyl groups is 1. The fourth-order valence-electron chi connectivity index (χ4n) is 2.32. The molecule has 1 heterocycles. The molecule has 1 unspecified atom stereocenters. The van der Waals surface area contributed by atoms with Gasteiger partial charge in [-0.25, -0.2) is 4.98 Å². The molecule has 1 aromatic heterocycles. The van der Waals surface area contributed by atoms with Crippen molar-refractivity contribution in [3.63, 3.8) is 0 Å². The first-order chi connectivity index (χ1) is 8.63. The molecule has 4 nitrogen and oxygen atoms in total.